The Bertz CT molecular complexity index is 1260. The molecule has 0 spiro atoms. The van der Waals surface area contributed by atoms with Crippen LogP contribution in [0.1, 0.15) is 36.1 Å². The first kappa shape index (κ1) is 28.3. The third kappa shape index (κ3) is 7.40. The summed E-state index contributed by atoms with van der Waals surface area (Å²) in [6.45, 7) is 8.11. The Morgan fingerprint density at radius 3 is 2.36 bits per heavy atom. The van der Waals surface area contributed by atoms with Crippen LogP contribution in [-0.4, -0.2) is 32.3 Å². The van der Waals surface area contributed by atoms with Crippen LogP contribution in [0, 0.1) is 5.92 Å². The van der Waals surface area contributed by atoms with Crippen molar-refractivity contribution in [3.8, 4) is 0 Å². The molecule has 0 unspecified atom stereocenters. The van der Waals surface area contributed by atoms with Crippen LogP contribution in [0.5, 0.6) is 0 Å². The van der Waals surface area contributed by atoms with Crippen LogP contribution in [-0.2, 0) is 11.3 Å². The van der Waals surface area contributed by atoms with Gasteiger partial charge in [-0.15, -0.1) is 16.8 Å². The molecule has 1 aromatic heterocycles. The van der Waals surface area contributed by atoms with E-state index < -0.39 is 6.04 Å². The number of halogens is 4. The molecule has 0 radical (unpaired) electrons. The highest BCUT2D eigenvalue weighted by atomic mass is 35.5. The number of thioether (sulfide) groups is 1. The number of hydrogen-bond acceptors (Lipinski definition) is 5. The maximum absolute atomic E-state index is 13.0. The number of rotatable bonds is 10. The molecular weight excluding hydrogens is 564 g/mol. The molecule has 3 aromatic rings. The number of nitrogens with zero attached hydrogens (tertiary/aromatic N) is 3. The van der Waals surface area contributed by atoms with Crippen molar-refractivity contribution >= 4 is 75.7 Å². The number of benzene rings is 2. The van der Waals surface area contributed by atoms with E-state index in [0.717, 1.165) is 0 Å². The van der Waals surface area contributed by atoms with Gasteiger partial charge in [0.15, 0.2) is 11.0 Å². The van der Waals surface area contributed by atoms with Gasteiger partial charge in [-0.3, -0.25) is 9.59 Å². The van der Waals surface area contributed by atoms with Gasteiger partial charge in [-0.2, -0.15) is 0 Å². The van der Waals surface area contributed by atoms with E-state index in [9.17, 15) is 9.59 Å². The third-order valence-electron chi connectivity index (χ3n) is 4.94. The second kappa shape index (κ2) is 12.8. The lowest BCUT2D eigenvalue weighted by Crippen LogP contribution is -2.34. The molecule has 3 rings (SSSR count). The summed E-state index contributed by atoms with van der Waals surface area (Å²) in [5.74, 6) is -0.0517. The van der Waals surface area contributed by atoms with Crippen LogP contribution >= 0.6 is 58.2 Å². The second-order valence-electron chi connectivity index (χ2n) is 8.05. The maximum atomic E-state index is 13.0. The molecule has 0 aliphatic carbocycles. The highest BCUT2D eigenvalue weighted by Crippen LogP contribution is 2.28. The van der Waals surface area contributed by atoms with Gasteiger partial charge < -0.3 is 15.2 Å². The molecule has 190 valence electrons. The molecule has 2 aromatic carbocycles. The number of allylic oxidation sites excluding steroid dienone is 1. The standard InChI is InChI=1S/C24H23Cl4N5O2S/c1-4-7-33-22(21(13(2)3)30-23(35)18-6-5-14(25)11-19(18)28)31-32-24(33)36-12-20(34)29-17-9-15(26)8-16(27)10-17/h4-6,8-11,13,21H,1,7,12H2,2-3H3,(H,29,34)(H,30,35)/t21-/m1/s1. The Labute approximate surface area is 233 Å². The zero-order valence-electron chi connectivity index (χ0n) is 19.4. The zero-order chi connectivity index (χ0) is 26.4. The van der Waals surface area contributed by atoms with Gasteiger partial charge in [0.1, 0.15) is 0 Å². The van der Waals surface area contributed by atoms with Crippen LogP contribution in [0.4, 0.5) is 5.69 Å². The lowest BCUT2D eigenvalue weighted by molar-refractivity contribution is -0.113. The first-order valence-electron chi connectivity index (χ1n) is 10.8. The van der Waals surface area contributed by atoms with E-state index in [2.05, 4.69) is 27.4 Å². The molecule has 0 fully saturated rings. The summed E-state index contributed by atoms with van der Waals surface area (Å²) in [4.78, 5) is 25.5. The fraction of sp³-hybridized carbons (Fsp3) is 0.250. The summed E-state index contributed by atoms with van der Waals surface area (Å²) < 4.78 is 1.82. The molecular formula is C24H23Cl4N5O2S. The van der Waals surface area contributed by atoms with Crippen molar-refractivity contribution in [2.45, 2.75) is 31.6 Å². The summed E-state index contributed by atoms with van der Waals surface area (Å²) in [5.41, 5.74) is 0.795. The van der Waals surface area contributed by atoms with Gasteiger partial charge in [0.25, 0.3) is 5.91 Å². The van der Waals surface area contributed by atoms with Crippen molar-refractivity contribution in [3.05, 3.63) is 80.5 Å². The van der Waals surface area contributed by atoms with Crippen LogP contribution in [0.25, 0.3) is 0 Å². The number of carbonyl (C=O) groups is 2. The smallest absolute Gasteiger partial charge is 0.253 e. The predicted molar refractivity (Wildman–Crippen MR) is 148 cm³/mol. The van der Waals surface area contributed by atoms with Gasteiger partial charge in [0, 0.05) is 27.3 Å². The molecule has 12 heteroatoms. The number of carbonyl (C=O) groups excluding carboxylic acids is 2. The van der Waals surface area contributed by atoms with Crippen LogP contribution < -0.4 is 10.6 Å². The zero-order valence-corrected chi connectivity index (χ0v) is 23.2. The average Bonchev–Trinajstić information content (AvgIpc) is 3.17. The number of anilines is 1. The normalized spacial score (nSPS) is 11.9. The summed E-state index contributed by atoms with van der Waals surface area (Å²) in [6.07, 6.45) is 1.69. The molecule has 2 N–H and O–H groups in total. The number of nitrogens with one attached hydrogen (secondary N) is 2. The van der Waals surface area contributed by atoms with Gasteiger partial charge >= 0.3 is 0 Å². The van der Waals surface area contributed by atoms with Gasteiger partial charge in [-0.25, -0.2) is 0 Å². The molecule has 36 heavy (non-hydrogen) atoms. The van der Waals surface area contributed by atoms with E-state index in [1.807, 2.05) is 18.4 Å². The predicted octanol–water partition coefficient (Wildman–Crippen LogP) is 6.94. The highest BCUT2D eigenvalue weighted by Gasteiger charge is 2.27. The van der Waals surface area contributed by atoms with Crippen LogP contribution in [0.2, 0.25) is 20.1 Å². The van der Waals surface area contributed by atoms with Gasteiger partial charge in [-0.1, -0.05) is 78.1 Å². The van der Waals surface area contributed by atoms with Gasteiger partial charge in [0.2, 0.25) is 5.91 Å². The molecule has 2 amide bonds. The van der Waals surface area contributed by atoms with Crippen molar-refractivity contribution in [1.29, 1.82) is 0 Å². The number of aromatic nitrogens is 3. The lowest BCUT2D eigenvalue weighted by Gasteiger charge is -2.23. The molecule has 0 aliphatic heterocycles. The molecule has 0 saturated heterocycles. The first-order valence-corrected chi connectivity index (χ1v) is 13.3. The minimum absolute atomic E-state index is 0.0264. The molecule has 0 bridgehead atoms. The van der Waals surface area contributed by atoms with E-state index in [1.165, 1.54) is 17.8 Å². The van der Waals surface area contributed by atoms with Crippen molar-refractivity contribution in [2.75, 3.05) is 11.1 Å². The largest absolute Gasteiger partial charge is 0.342 e. The van der Waals surface area contributed by atoms with E-state index >= 15 is 0 Å². The van der Waals surface area contributed by atoms with Gasteiger partial charge in [-0.05, 0) is 42.3 Å². The van der Waals surface area contributed by atoms with Crippen LogP contribution in [0.3, 0.4) is 0 Å². The summed E-state index contributed by atoms with van der Waals surface area (Å²) in [7, 11) is 0. The summed E-state index contributed by atoms with van der Waals surface area (Å²) in [5, 5.41) is 16.4. The summed E-state index contributed by atoms with van der Waals surface area (Å²) in [6, 6.07) is 9.00. The monoisotopic (exact) mass is 585 g/mol. The fourth-order valence-electron chi connectivity index (χ4n) is 3.31. The Kier molecular flexibility index (Phi) is 10.1. The van der Waals surface area contributed by atoms with E-state index in [-0.39, 0.29) is 28.5 Å². The SMILES string of the molecule is C=CCn1c(SCC(=O)Nc2cc(Cl)cc(Cl)c2)nnc1[C@H](NC(=O)c1ccc(Cl)cc1Cl)C(C)C. The Morgan fingerprint density at radius 2 is 1.75 bits per heavy atom. The van der Waals surface area contributed by atoms with Crippen molar-refractivity contribution in [1.82, 2.24) is 20.1 Å². The second-order valence-corrected chi connectivity index (χ2v) is 10.7. The lowest BCUT2D eigenvalue weighted by atomic mass is 10.0. The van der Waals surface area contributed by atoms with Crippen molar-refractivity contribution in [3.63, 3.8) is 0 Å². The first-order chi connectivity index (χ1) is 17.1. The van der Waals surface area contributed by atoms with E-state index in [4.69, 9.17) is 46.4 Å². The summed E-state index contributed by atoms with van der Waals surface area (Å²) >= 11 is 25.4. The van der Waals surface area contributed by atoms with Crippen LogP contribution in [0.15, 0.2) is 54.2 Å². The molecule has 0 saturated carbocycles. The molecule has 0 aliphatic rings. The number of hydrogen-bond donors (Lipinski definition) is 2. The molecule has 1 heterocycles. The van der Waals surface area contributed by atoms with E-state index in [0.29, 0.717) is 43.8 Å². The molecule has 1 atom stereocenters. The fourth-order valence-corrected chi connectivity index (χ4v) is 5.09. The minimum Gasteiger partial charge on any atom is -0.342 e. The topological polar surface area (TPSA) is 88.9 Å². The average molecular weight is 587 g/mol. The number of amides is 2. The van der Waals surface area contributed by atoms with Gasteiger partial charge in [0.05, 0.1) is 22.4 Å². The highest BCUT2D eigenvalue weighted by molar-refractivity contribution is 7.99. The quantitative estimate of drug-likeness (QED) is 0.198. The Morgan fingerprint density at radius 1 is 1.06 bits per heavy atom. The maximum Gasteiger partial charge on any atom is 0.253 e. The third-order valence-corrected chi connectivity index (χ3v) is 6.89. The Balaban J connectivity index is 1.77. The Hall–Kier alpha value is -2.23. The molecule has 7 nitrogen and oxygen atoms in total. The van der Waals surface area contributed by atoms with Crippen molar-refractivity contribution < 1.29 is 9.59 Å². The van der Waals surface area contributed by atoms with Crippen molar-refractivity contribution in [2.24, 2.45) is 5.92 Å². The van der Waals surface area contributed by atoms with E-state index in [1.54, 1.807) is 36.4 Å². The minimum atomic E-state index is -0.478.